The van der Waals surface area contributed by atoms with Crippen molar-refractivity contribution in [1.82, 2.24) is 14.5 Å². The van der Waals surface area contributed by atoms with Gasteiger partial charge in [-0.3, -0.25) is 4.79 Å². The first-order chi connectivity index (χ1) is 7.72. The summed E-state index contributed by atoms with van der Waals surface area (Å²) in [5.74, 6) is 5.66. The Kier molecular flexibility index (Phi) is 3.35. The number of anilines is 1. The van der Waals surface area contributed by atoms with E-state index in [1.54, 1.807) is 0 Å². The number of hydrogen-bond donors (Lipinski definition) is 2. The van der Waals surface area contributed by atoms with Crippen LogP contribution >= 0.6 is 11.5 Å². The highest BCUT2D eigenvalue weighted by atomic mass is 32.1. The number of piperidine rings is 1. The number of rotatable bonds is 3. The molecule has 1 aliphatic rings. The van der Waals surface area contributed by atoms with Gasteiger partial charge >= 0.3 is 0 Å². The second-order valence-corrected chi connectivity index (χ2v) is 4.75. The summed E-state index contributed by atoms with van der Waals surface area (Å²) in [5, 5.41) is 4.70. The SMILES string of the molecule is CC1CCCN(Cc2nnsc2NN)C1=O. The third-order valence-electron chi connectivity index (χ3n) is 2.83. The molecule has 0 aromatic carbocycles. The van der Waals surface area contributed by atoms with E-state index in [1.807, 2.05) is 11.8 Å². The third kappa shape index (κ3) is 2.14. The first-order valence-electron chi connectivity index (χ1n) is 5.29. The van der Waals surface area contributed by atoms with E-state index in [-0.39, 0.29) is 11.8 Å². The average Bonchev–Trinajstić information content (AvgIpc) is 2.72. The molecule has 1 aliphatic heterocycles. The highest BCUT2D eigenvalue weighted by Gasteiger charge is 2.26. The van der Waals surface area contributed by atoms with Gasteiger partial charge in [-0.1, -0.05) is 11.4 Å². The van der Waals surface area contributed by atoms with Gasteiger partial charge in [0.25, 0.3) is 0 Å². The quantitative estimate of drug-likeness (QED) is 0.597. The monoisotopic (exact) mass is 241 g/mol. The Morgan fingerprint density at radius 3 is 3.25 bits per heavy atom. The van der Waals surface area contributed by atoms with Gasteiger partial charge in [0, 0.05) is 24.0 Å². The molecule has 0 saturated carbocycles. The minimum Gasteiger partial charge on any atom is -0.336 e. The average molecular weight is 241 g/mol. The second-order valence-electron chi connectivity index (χ2n) is 4.00. The molecular weight excluding hydrogens is 226 g/mol. The van der Waals surface area contributed by atoms with E-state index < -0.39 is 0 Å². The molecule has 1 aromatic heterocycles. The Bertz CT molecular complexity index is 380. The molecular formula is C9H15N5OS. The van der Waals surface area contributed by atoms with E-state index in [2.05, 4.69) is 15.0 Å². The zero-order valence-electron chi connectivity index (χ0n) is 9.14. The molecule has 1 atom stereocenters. The molecule has 2 rings (SSSR count). The molecule has 0 radical (unpaired) electrons. The van der Waals surface area contributed by atoms with Crippen molar-refractivity contribution in [2.24, 2.45) is 11.8 Å². The number of nitrogen functional groups attached to an aromatic ring is 1. The Labute approximate surface area is 98.0 Å². The van der Waals surface area contributed by atoms with Gasteiger partial charge in [0.15, 0.2) is 0 Å². The number of nitrogens with two attached hydrogens (primary N) is 1. The maximum absolute atomic E-state index is 11.9. The molecule has 7 heteroatoms. The van der Waals surface area contributed by atoms with Crippen molar-refractivity contribution in [3.8, 4) is 0 Å². The number of hydrazine groups is 1. The van der Waals surface area contributed by atoms with Crippen molar-refractivity contribution < 1.29 is 4.79 Å². The van der Waals surface area contributed by atoms with Crippen LogP contribution in [0.3, 0.4) is 0 Å². The molecule has 16 heavy (non-hydrogen) atoms. The van der Waals surface area contributed by atoms with Crippen LogP contribution in [0.5, 0.6) is 0 Å². The predicted molar refractivity (Wildman–Crippen MR) is 61.5 cm³/mol. The largest absolute Gasteiger partial charge is 0.336 e. The maximum atomic E-state index is 11.9. The van der Waals surface area contributed by atoms with Gasteiger partial charge < -0.3 is 10.3 Å². The molecule has 88 valence electrons. The number of likely N-dealkylation sites (tertiary alicyclic amines) is 1. The van der Waals surface area contributed by atoms with Crippen molar-refractivity contribution >= 4 is 22.4 Å². The molecule has 6 nitrogen and oxygen atoms in total. The number of hydrogen-bond acceptors (Lipinski definition) is 6. The number of amides is 1. The lowest BCUT2D eigenvalue weighted by atomic mass is 9.99. The molecule has 3 N–H and O–H groups in total. The van der Waals surface area contributed by atoms with Crippen molar-refractivity contribution in [3.63, 3.8) is 0 Å². The van der Waals surface area contributed by atoms with Crippen LogP contribution in [-0.2, 0) is 11.3 Å². The summed E-state index contributed by atoms with van der Waals surface area (Å²) in [5.41, 5.74) is 3.29. The summed E-state index contributed by atoms with van der Waals surface area (Å²) >= 11 is 1.20. The first kappa shape index (κ1) is 11.3. The minimum atomic E-state index is 0.120. The lowest BCUT2D eigenvalue weighted by Gasteiger charge is -2.30. The van der Waals surface area contributed by atoms with E-state index >= 15 is 0 Å². The number of nitrogens with one attached hydrogen (secondary N) is 1. The molecule has 0 aliphatic carbocycles. The summed E-state index contributed by atoms with van der Waals surface area (Å²) in [4.78, 5) is 13.7. The van der Waals surface area contributed by atoms with Gasteiger partial charge in [-0.2, -0.15) is 0 Å². The summed E-state index contributed by atoms with van der Waals surface area (Å²) in [6, 6.07) is 0. The molecule has 1 saturated heterocycles. The molecule has 1 aromatic rings. The fraction of sp³-hybridized carbons (Fsp3) is 0.667. The minimum absolute atomic E-state index is 0.120. The van der Waals surface area contributed by atoms with E-state index in [4.69, 9.17) is 5.84 Å². The standard InChI is InChI=1S/C9H15N5OS/c1-6-3-2-4-14(9(6)15)5-7-8(11-10)16-13-12-7/h6,11H,2-5,10H2,1H3. The van der Waals surface area contributed by atoms with Crippen LogP contribution in [-0.4, -0.2) is 26.9 Å². The Morgan fingerprint density at radius 1 is 1.69 bits per heavy atom. The normalized spacial score (nSPS) is 21.2. The van der Waals surface area contributed by atoms with Gasteiger partial charge in [-0.25, -0.2) is 5.84 Å². The number of nitrogens with zero attached hydrogens (tertiary/aromatic N) is 3. The topological polar surface area (TPSA) is 84.1 Å². The summed E-state index contributed by atoms with van der Waals surface area (Å²) < 4.78 is 3.81. The van der Waals surface area contributed by atoms with E-state index in [0.29, 0.717) is 6.54 Å². The Balaban J connectivity index is 2.06. The van der Waals surface area contributed by atoms with Crippen molar-refractivity contribution in [1.29, 1.82) is 0 Å². The fourth-order valence-electron chi connectivity index (χ4n) is 1.89. The molecule has 0 spiro atoms. The summed E-state index contributed by atoms with van der Waals surface area (Å²) in [6.45, 7) is 3.26. The van der Waals surface area contributed by atoms with Gasteiger partial charge in [-0.15, -0.1) is 5.10 Å². The van der Waals surface area contributed by atoms with Gasteiger partial charge in [0.05, 0.1) is 6.54 Å². The highest BCUT2D eigenvalue weighted by Crippen LogP contribution is 2.22. The van der Waals surface area contributed by atoms with E-state index in [1.165, 1.54) is 11.5 Å². The highest BCUT2D eigenvalue weighted by molar-refractivity contribution is 7.10. The van der Waals surface area contributed by atoms with Crippen molar-refractivity contribution in [2.75, 3.05) is 12.0 Å². The number of carbonyl (C=O) groups is 1. The van der Waals surface area contributed by atoms with Gasteiger partial charge in [0.1, 0.15) is 10.7 Å². The smallest absolute Gasteiger partial charge is 0.225 e. The van der Waals surface area contributed by atoms with Crippen LogP contribution in [0.2, 0.25) is 0 Å². The van der Waals surface area contributed by atoms with Crippen LogP contribution < -0.4 is 11.3 Å². The number of carbonyl (C=O) groups excluding carboxylic acids is 1. The molecule has 1 unspecified atom stereocenters. The van der Waals surface area contributed by atoms with E-state index in [9.17, 15) is 4.79 Å². The Hall–Kier alpha value is -1.21. The summed E-state index contributed by atoms with van der Waals surface area (Å²) in [6.07, 6.45) is 2.03. The molecule has 1 amide bonds. The van der Waals surface area contributed by atoms with Crippen molar-refractivity contribution in [2.45, 2.75) is 26.3 Å². The van der Waals surface area contributed by atoms with Crippen LogP contribution in [0, 0.1) is 5.92 Å². The zero-order valence-corrected chi connectivity index (χ0v) is 9.96. The predicted octanol–water partition coefficient (Wildman–Crippen LogP) is 0.582. The third-order valence-corrected chi connectivity index (χ3v) is 3.53. The first-order valence-corrected chi connectivity index (χ1v) is 6.06. The molecule has 0 bridgehead atoms. The van der Waals surface area contributed by atoms with Crippen LogP contribution in [0.4, 0.5) is 5.00 Å². The van der Waals surface area contributed by atoms with Crippen LogP contribution in [0.1, 0.15) is 25.5 Å². The maximum Gasteiger partial charge on any atom is 0.225 e. The van der Waals surface area contributed by atoms with Crippen molar-refractivity contribution in [3.05, 3.63) is 5.69 Å². The second kappa shape index (κ2) is 4.75. The van der Waals surface area contributed by atoms with E-state index in [0.717, 1.165) is 30.1 Å². The van der Waals surface area contributed by atoms with Gasteiger partial charge in [0.2, 0.25) is 5.91 Å². The fourth-order valence-corrected chi connectivity index (χ4v) is 2.38. The molecule has 1 fully saturated rings. The molecule has 2 heterocycles. The number of aromatic nitrogens is 2. The lowest BCUT2D eigenvalue weighted by molar-refractivity contribution is -0.138. The lowest BCUT2D eigenvalue weighted by Crippen LogP contribution is -2.39. The Morgan fingerprint density at radius 2 is 2.50 bits per heavy atom. The van der Waals surface area contributed by atoms with Crippen LogP contribution in [0.25, 0.3) is 0 Å². The van der Waals surface area contributed by atoms with Crippen LogP contribution in [0.15, 0.2) is 0 Å². The summed E-state index contributed by atoms with van der Waals surface area (Å²) in [7, 11) is 0. The zero-order chi connectivity index (χ0) is 11.5. The van der Waals surface area contributed by atoms with Gasteiger partial charge in [-0.05, 0) is 12.8 Å².